The second-order valence-electron chi connectivity index (χ2n) is 3.52. The number of benzene rings is 1. The molecule has 1 amide bonds. The zero-order chi connectivity index (χ0) is 13.0. The van der Waals surface area contributed by atoms with Gasteiger partial charge in [-0.1, -0.05) is 6.07 Å². The molecule has 0 aliphatic carbocycles. The highest BCUT2D eigenvalue weighted by Crippen LogP contribution is 2.19. The van der Waals surface area contributed by atoms with Gasteiger partial charge in [0.15, 0.2) is 11.6 Å². The lowest BCUT2D eigenvalue weighted by atomic mass is 10.0. The van der Waals surface area contributed by atoms with E-state index in [9.17, 15) is 18.4 Å². The molecule has 0 spiro atoms. The number of carboxylic acids is 1. The Balaban J connectivity index is 2.98. The molecular formula is C11H11F2NO3. The first kappa shape index (κ1) is 13.1. The lowest BCUT2D eigenvalue weighted by Crippen LogP contribution is -2.28. The number of amides is 1. The number of rotatable bonds is 4. The van der Waals surface area contributed by atoms with E-state index >= 15 is 0 Å². The van der Waals surface area contributed by atoms with Crippen LogP contribution < -0.4 is 5.32 Å². The Hall–Kier alpha value is -1.98. The Kier molecular flexibility index (Phi) is 4.14. The van der Waals surface area contributed by atoms with Crippen LogP contribution in [0.15, 0.2) is 18.2 Å². The van der Waals surface area contributed by atoms with Gasteiger partial charge in [-0.25, -0.2) is 8.78 Å². The van der Waals surface area contributed by atoms with Gasteiger partial charge in [0.1, 0.15) is 0 Å². The highest BCUT2D eigenvalue weighted by molar-refractivity contribution is 5.75. The van der Waals surface area contributed by atoms with Gasteiger partial charge in [-0.15, -0.1) is 0 Å². The zero-order valence-corrected chi connectivity index (χ0v) is 9.04. The number of carboxylic acid groups (broad SMARTS) is 1. The number of carbonyl (C=O) groups is 2. The largest absolute Gasteiger partial charge is 0.481 e. The Morgan fingerprint density at radius 3 is 2.47 bits per heavy atom. The average molecular weight is 243 g/mol. The van der Waals surface area contributed by atoms with Gasteiger partial charge in [-0.05, 0) is 17.7 Å². The van der Waals surface area contributed by atoms with Crippen molar-refractivity contribution >= 4 is 11.9 Å². The van der Waals surface area contributed by atoms with Crippen LogP contribution in [0.3, 0.4) is 0 Å². The summed E-state index contributed by atoms with van der Waals surface area (Å²) in [5.41, 5.74) is 0.210. The molecule has 1 aromatic rings. The summed E-state index contributed by atoms with van der Waals surface area (Å²) in [5.74, 6) is -3.69. The third-order valence-electron chi connectivity index (χ3n) is 2.10. The summed E-state index contributed by atoms with van der Waals surface area (Å²) in [4.78, 5) is 21.5. The third kappa shape index (κ3) is 3.82. The van der Waals surface area contributed by atoms with E-state index in [0.717, 1.165) is 12.1 Å². The van der Waals surface area contributed by atoms with Gasteiger partial charge in [-0.2, -0.15) is 0 Å². The highest BCUT2D eigenvalue weighted by Gasteiger charge is 2.18. The lowest BCUT2D eigenvalue weighted by molar-refractivity contribution is -0.137. The lowest BCUT2D eigenvalue weighted by Gasteiger charge is -2.16. The smallest absolute Gasteiger partial charge is 0.305 e. The number of hydrogen-bond donors (Lipinski definition) is 2. The molecule has 92 valence electrons. The SMILES string of the molecule is CC(=O)N[C@@H](CC(=O)O)c1ccc(F)c(F)c1. The van der Waals surface area contributed by atoms with Crippen molar-refractivity contribution in [2.75, 3.05) is 0 Å². The fourth-order valence-electron chi connectivity index (χ4n) is 1.40. The third-order valence-corrected chi connectivity index (χ3v) is 2.10. The number of halogens is 2. The summed E-state index contributed by atoms with van der Waals surface area (Å²) in [6.07, 6.45) is -0.398. The molecule has 17 heavy (non-hydrogen) atoms. The van der Waals surface area contributed by atoms with Crippen molar-refractivity contribution in [1.82, 2.24) is 5.32 Å². The average Bonchev–Trinajstić information content (AvgIpc) is 2.19. The summed E-state index contributed by atoms with van der Waals surface area (Å²) in [7, 11) is 0. The van der Waals surface area contributed by atoms with Crippen LogP contribution in [-0.2, 0) is 9.59 Å². The van der Waals surface area contributed by atoms with E-state index in [-0.39, 0.29) is 5.56 Å². The van der Waals surface area contributed by atoms with E-state index in [2.05, 4.69) is 5.32 Å². The molecule has 2 N–H and O–H groups in total. The highest BCUT2D eigenvalue weighted by atomic mass is 19.2. The van der Waals surface area contributed by atoms with Gasteiger partial charge in [-0.3, -0.25) is 9.59 Å². The Morgan fingerprint density at radius 1 is 1.35 bits per heavy atom. The second-order valence-corrected chi connectivity index (χ2v) is 3.52. The minimum absolute atomic E-state index is 0.210. The molecule has 4 nitrogen and oxygen atoms in total. The molecule has 0 aliphatic rings. The van der Waals surface area contributed by atoms with Crippen molar-refractivity contribution in [2.45, 2.75) is 19.4 Å². The molecule has 0 bridgehead atoms. The molecule has 0 saturated heterocycles. The van der Waals surface area contributed by atoms with Crippen LogP contribution in [0.1, 0.15) is 24.9 Å². The molecule has 1 atom stereocenters. The van der Waals surface area contributed by atoms with Gasteiger partial charge in [0, 0.05) is 6.92 Å². The molecule has 0 aliphatic heterocycles. The fraction of sp³-hybridized carbons (Fsp3) is 0.273. The molecule has 0 aromatic heterocycles. The summed E-state index contributed by atoms with van der Waals surface area (Å²) in [6.45, 7) is 1.22. The van der Waals surface area contributed by atoms with Gasteiger partial charge in [0.25, 0.3) is 0 Å². The number of hydrogen-bond acceptors (Lipinski definition) is 2. The van der Waals surface area contributed by atoms with Crippen LogP contribution in [0.2, 0.25) is 0 Å². The van der Waals surface area contributed by atoms with Gasteiger partial charge >= 0.3 is 5.97 Å². The molecule has 0 fully saturated rings. The van der Waals surface area contributed by atoms with Crippen LogP contribution >= 0.6 is 0 Å². The van der Waals surface area contributed by atoms with E-state index in [1.54, 1.807) is 0 Å². The molecule has 0 saturated carbocycles. The monoisotopic (exact) mass is 243 g/mol. The number of carbonyl (C=O) groups excluding carboxylic acids is 1. The fourth-order valence-corrected chi connectivity index (χ4v) is 1.40. The molecule has 0 heterocycles. The molecular weight excluding hydrogens is 232 g/mol. The van der Waals surface area contributed by atoms with Crippen molar-refractivity contribution in [3.63, 3.8) is 0 Å². The van der Waals surface area contributed by atoms with Crippen molar-refractivity contribution in [3.8, 4) is 0 Å². The number of nitrogens with one attached hydrogen (secondary N) is 1. The van der Waals surface area contributed by atoms with Crippen molar-refractivity contribution in [1.29, 1.82) is 0 Å². The Morgan fingerprint density at radius 2 is 2.00 bits per heavy atom. The van der Waals surface area contributed by atoms with Gasteiger partial charge < -0.3 is 10.4 Å². The Labute approximate surface area is 96.3 Å². The van der Waals surface area contributed by atoms with Crippen molar-refractivity contribution in [2.24, 2.45) is 0 Å². The minimum Gasteiger partial charge on any atom is -0.481 e. The van der Waals surface area contributed by atoms with Crippen molar-refractivity contribution in [3.05, 3.63) is 35.4 Å². The van der Waals surface area contributed by atoms with Crippen LogP contribution in [0.4, 0.5) is 8.78 Å². The first-order chi connectivity index (χ1) is 7.90. The van der Waals surface area contributed by atoms with Gasteiger partial charge in [0.2, 0.25) is 5.91 Å². The maximum absolute atomic E-state index is 13.0. The van der Waals surface area contributed by atoms with Crippen LogP contribution in [-0.4, -0.2) is 17.0 Å². The van der Waals surface area contributed by atoms with Crippen molar-refractivity contribution < 1.29 is 23.5 Å². The normalized spacial score (nSPS) is 11.9. The minimum atomic E-state index is -1.14. The standard InChI is InChI=1S/C11H11F2NO3/c1-6(15)14-10(5-11(16)17)7-2-3-8(12)9(13)4-7/h2-4,10H,5H2,1H3,(H,14,15)(H,16,17)/t10-/m0/s1. The van der Waals surface area contributed by atoms with E-state index in [0.29, 0.717) is 0 Å². The Bertz CT molecular complexity index is 432. The zero-order valence-electron chi connectivity index (χ0n) is 9.04. The maximum Gasteiger partial charge on any atom is 0.305 e. The second kappa shape index (κ2) is 5.38. The van der Waals surface area contributed by atoms with E-state index in [1.807, 2.05) is 0 Å². The molecule has 1 aromatic carbocycles. The van der Waals surface area contributed by atoms with Crippen LogP contribution in [0, 0.1) is 11.6 Å². The quantitative estimate of drug-likeness (QED) is 0.844. The predicted molar refractivity (Wildman–Crippen MR) is 55.2 cm³/mol. The summed E-state index contributed by atoms with van der Waals surface area (Å²) < 4.78 is 25.7. The van der Waals surface area contributed by atoms with Crippen LogP contribution in [0.5, 0.6) is 0 Å². The summed E-state index contributed by atoms with van der Waals surface area (Å²) in [6, 6.07) is 2.13. The maximum atomic E-state index is 13.0. The van der Waals surface area contributed by atoms with E-state index < -0.39 is 36.0 Å². The van der Waals surface area contributed by atoms with E-state index in [4.69, 9.17) is 5.11 Å². The summed E-state index contributed by atoms with van der Waals surface area (Å²) >= 11 is 0. The molecule has 0 radical (unpaired) electrons. The van der Waals surface area contributed by atoms with Crippen LogP contribution in [0.25, 0.3) is 0 Å². The molecule has 6 heteroatoms. The van der Waals surface area contributed by atoms with Gasteiger partial charge in [0.05, 0.1) is 12.5 Å². The molecule has 1 rings (SSSR count). The first-order valence-electron chi connectivity index (χ1n) is 4.84. The first-order valence-corrected chi connectivity index (χ1v) is 4.84. The number of aliphatic carboxylic acids is 1. The summed E-state index contributed by atoms with van der Waals surface area (Å²) in [5, 5.41) is 11.0. The van der Waals surface area contributed by atoms with E-state index in [1.165, 1.54) is 13.0 Å². The predicted octanol–water partition coefficient (Wildman–Crippen LogP) is 1.62. The topological polar surface area (TPSA) is 66.4 Å². The molecule has 0 unspecified atom stereocenters.